The van der Waals surface area contributed by atoms with Gasteiger partial charge in [0, 0.05) is 18.2 Å². The summed E-state index contributed by atoms with van der Waals surface area (Å²) >= 11 is 1.07. The molecule has 0 N–H and O–H groups in total. The van der Waals surface area contributed by atoms with Gasteiger partial charge in [0.2, 0.25) is 10.0 Å². The lowest BCUT2D eigenvalue weighted by Gasteiger charge is -2.34. The van der Waals surface area contributed by atoms with Crippen molar-refractivity contribution >= 4 is 43.5 Å². The number of ether oxygens (including phenoxy) is 1. The Bertz CT molecular complexity index is 1430. The van der Waals surface area contributed by atoms with Crippen molar-refractivity contribution in [1.82, 2.24) is 8.87 Å². The van der Waals surface area contributed by atoms with E-state index < -0.39 is 27.7 Å². The molecule has 2 heterocycles. The van der Waals surface area contributed by atoms with E-state index in [0.29, 0.717) is 16.8 Å². The number of thiazole rings is 1. The molecule has 8 nitrogen and oxygen atoms in total. The highest BCUT2D eigenvalue weighted by molar-refractivity contribution is 7.89. The number of nitrogens with zero attached hydrogens (tertiary/aromatic N) is 3. The van der Waals surface area contributed by atoms with Crippen molar-refractivity contribution in [3.8, 4) is 0 Å². The van der Waals surface area contributed by atoms with Crippen molar-refractivity contribution in [3.05, 3.63) is 58.6 Å². The summed E-state index contributed by atoms with van der Waals surface area (Å²) in [7, 11) is -2.42. The molecule has 1 saturated heterocycles. The molecule has 4 rings (SSSR count). The standard InChI is InChI=1S/C24H26FN3O5S2/c1-3-18-6-4-5-13-28(18)35(31,32)19-10-7-16(8-11-19)23(30)26-24-27(15-22(29)33-2)20-12-9-17(25)14-21(20)34-24/h7-12,14,18H,3-6,13,15H2,1-2H3. The zero-order chi connectivity index (χ0) is 25.2. The van der Waals surface area contributed by atoms with Gasteiger partial charge in [-0.3, -0.25) is 9.59 Å². The van der Waals surface area contributed by atoms with Crippen LogP contribution in [-0.4, -0.2) is 48.9 Å². The van der Waals surface area contributed by atoms with Crippen LogP contribution >= 0.6 is 11.3 Å². The second-order valence-electron chi connectivity index (χ2n) is 8.27. The SMILES string of the molecule is CCC1CCCCN1S(=O)(=O)c1ccc(C(=O)N=c2sc3cc(F)ccc3n2CC(=O)OC)cc1. The van der Waals surface area contributed by atoms with Crippen molar-refractivity contribution in [3.63, 3.8) is 0 Å². The first-order valence-corrected chi connectivity index (χ1v) is 13.6. The van der Waals surface area contributed by atoms with E-state index in [2.05, 4.69) is 4.99 Å². The smallest absolute Gasteiger partial charge is 0.325 e. The fraction of sp³-hybridized carbons (Fsp3) is 0.375. The molecular formula is C24H26FN3O5S2. The van der Waals surface area contributed by atoms with Crippen molar-refractivity contribution < 1.29 is 27.1 Å². The molecule has 0 saturated carbocycles. The zero-order valence-electron chi connectivity index (χ0n) is 19.4. The molecule has 11 heteroatoms. The van der Waals surface area contributed by atoms with Crippen LogP contribution in [-0.2, 0) is 26.1 Å². The van der Waals surface area contributed by atoms with Gasteiger partial charge in [0.15, 0.2) is 4.80 Å². The van der Waals surface area contributed by atoms with Crippen LogP contribution in [0, 0.1) is 5.82 Å². The lowest BCUT2D eigenvalue weighted by Crippen LogP contribution is -2.43. The van der Waals surface area contributed by atoms with Crippen LogP contribution in [0.1, 0.15) is 43.0 Å². The summed E-state index contributed by atoms with van der Waals surface area (Å²) in [5, 5.41) is 0. The molecule has 35 heavy (non-hydrogen) atoms. The molecule has 1 amide bonds. The number of carbonyl (C=O) groups excluding carboxylic acids is 2. The average molecular weight is 520 g/mol. The molecule has 1 aromatic heterocycles. The van der Waals surface area contributed by atoms with Crippen LogP contribution in [0.4, 0.5) is 4.39 Å². The summed E-state index contributed by atoms with van der Waals surface area (Å²) < 4.78 is 48.4. The summed E-state index contributed by atoms with van der Waals surface area (Å²) in [4.78, 5) is 29.3. The quantitative estimate of drug-likeness (QED) is 0.463. The Morgan fingerprint density at radius 1 is 1.17 bits per heavy atom. The molecule has 0 aliphatic carbocycles. The maximum atomic E-state index is 13.7. The Morgan fingerprint density at radius 2 is 1.91 bits per heavy atom. The van der Waals surface area contributed by atoms with Gasteiger partial charge in [-0.1, -0.05) is 24.7 Å². The van der Waals surface area contributed by atoms with Crippen molar-refractivity contribution in [2.45, 2.75) is 50.1 Å². The highest BCUT2D eigenvalue weighted by Gasteiger charge is 2.32. The second-order valence-corrected chi connectivity index (χ2v) is 11.2. The van der Waals surface area contributed by atoms with Crippen LogP contribution in [0.25, 0.3) is 10.2 Å². The lowest BCUT2D eigenvalue weighted by molar-refractivity contribution is -0.141. The number of hydrogen-bond donors (Lipinski definition) is 0. The minimum atomic E-state index is -3.67. The van der Waals surface area contributed by atoms with Crippen LogP contribution in [0.5, 0.6) is 0 Å². The summed E-state index contributed by atoms with van der Waals surface area (Å²) in [6.07, 6.45) is 3.44. The van der Waals surface area contributed by atoms with Crippen molar-refractivity contribution in [1.29, 1.82) is 0 Å². The Morgan fingerprint density at radius 3 is 2.60 bits per heavy atom. The molecular weight excluding hydrogens is 493 g/mol. The molecule has 2 aromatic carbocycles. The number of aromatic nitrogens is 1. The van der Waals surface area contributed by atoms with Crippen molar-refractivity contribution in [2.75, 3.05) is 13.7 Å². The second kappa shape index (κ2) is 10.4. The van der Waals surface area contributed by atoms with E-state index in [1.54, 1.807) is 4.31 Å². The molecule has 1 unspecified atom stereocenters. The van der Waals surface area contributed by atoms with Crippen LogP contribution in [0.2, 0.25) is 0 Å². The van der Waals surface area contributed by atoms with Crippen LogP contribution in [0.15, 0.2) is 52.4 Å². The number of sulfonamides is 1. The summed E-state index contributed by atoms with van der Waals surface area (Å²) in [5.41, 5.74) is 0.740. The highest BCUT2D eigenvalue weighted by Crippen LogP contribution is 2.27. The zero-order valence-corrected chi connectivity index (χ0v) is 21.1. The summed E-state index contributed by atoms with van der Waals surface area (Å²) in [6.45, 7) is 2.28. The van der Waals surface area contributed by atoms with Gasteiger partial charge in [0.05, 0.1) is 22.2 Å². The number of esters is 1. The molecule has 3 aromatic rings. The number of carbonyl (C=O) groups is 2. The van der Waals surface area contributed by atoms with Gasteiger partial charge in [0.25, 0.3) is 5.91 Å². The molecule has 1 aliphatic rings. The Kier molecular flexibility index (Phi) is 7.48. The van der Waals surface area contributed by atoms with E-state index in [1.165, 1.54) is 54.1 Å². The summed E-state index contributed by atoms with van der Waals surface area (Å²) in [5.74, 6) is -1.60. The van der Waals surface area contributed by atoms with Crippen molar-refractivity contribution in [2.24, 2.45) is 4.99 Å². The largest absolute Gasteiger partial charge is 0.468 e. The minimum absolute atomic E-state index is 0.0203. The van der Waals surface area contributed by atoms with Gasteiger partial charge in [0.1, 0.15) is 12.4 Å². The fourth-order valence-corrected chi connectivity index (χ4v) is 7.05. The normalized spacial score (nSPS) is 17.6. The maximum absolute atomic E-state index is 13.7. The van der Waals surface area contributed by atoms with Gasteiger partial charge in [-0.25, -0.2) is 12.8 Å². The number of amides is 1. The predicted octanol–water partition coefficient (Wildman–Crippen LogP) is 3.71. The number of halogens is 1. The predicted molar refractivity (Wildman–Crippen MR) is 130 cm³/mol. The van der Waals surface area contributed by atoms with E-state index in [9.17, 15) is 22.4 Å². The number of benzene rings is 2. The molecule has 0 radical (unpaired) electrons. The topological polar surface area (TPSA) is 98.0 Å². The third-order valence-corrected chi connectivity index (χ3v) is 9.12. The number of fused-ring (bicyclic) bond motifs is 1. The molecule has 186 valence electrons. The number of rotatable bonds is 6. The Balaban J connectivity index is 1.66. The minimum Gasteiger partial charge on any atom is -0.468 e. The molecule has 0 spiro atoms. The fourth-order valence-electron chi connectivity index (χ4n) is 4.23. The van der Waals surface area contributed by atoms with E-state index in [0.717, 1.165) is 37.0 Å². The van der Waals surface area contributed by atoms with Gasteiger partial charge in [-0.15, -0.1) is 0 Å². The molecule has 1 aliphatic heterocycles. The van der Waals surface area contributed by atoms with Gasteiger partial charge in [-0.2, -0.15) is 9.30 Å². The molecule has 1 atom stereocenters. The van der Waals surface area contributed by atoms with Gasteiger partial charge >= 0.3 is 5.97 Å². The monoisotopic (exact) mass is 519 g/mol. The Hall–Kier alpha value is -2.89. The van der Waals surface area contributed by atoms with E-state index in [1.807, 2.05) is 6.92 Å². The van der Waals surface area contributed by atoms with E-state index in [4.69, 9.17) is 4.74 Å². The molecule has 1 fully saturated rings. The highest BCUT2D eigenvalue weighted by atomic mass is 32.2. The first-order chi connectivity index (χ1) is 16.7. The number of methoxy groups -OCH3 is 1. The number of hydrogen-bond acceptors (Lipinski definition) is 6. The lowest BCUT2D eigenvalue weighted by atomic mass is 10.0. The van der Waals surface area contributed by atoms with Gasteiger partial charge < -0.3 is 9.30 Å². The van der Waals surface area contributed by atoms with Gasteiger partial charge in [-0.05, 0) is 61.7 Å². The average Bonchev–Trinajstić information content (AvgIpc) is 3.19. The van der Waals surface area contributed by atoms with Crippen LogP contribution in [0.3, 0.4) is 0 Å². The summed E-state index contributed by atoms with van der Waals surface area (Å²) in [6, 6.07) is 9.76. The maximum Gasteiger partial charge on any atom is 0.325 e. The third-order valence-electron chi connectivity index (χ3n) is 6.11. The first kappa shape index (κ1) is 25.2. The van der Waals surface area contributed by atoms with Crippen LogP contribution < -0.4 is 4.80 Å². The third kappa shape index (κ3) is 5.21. The Labute approximate surface area is 206 Å². The van der Waals surface area contributed by atoms with E-state index >= 15 is 0 Å². The first-order valence-electron chi connectivity index (χ1n) is 11.3. The van der Waals surface area contributed by atoms with E-state index in [-0.39, 0.29) is 27.8 Å². The number of piperidine rings is 1. The molecule has 0 bridgehead atoms.